The Morgan fingerprint density at radius 1 is 1.25 bits per heavy atom. The lowest BCUT2D eigenvalue weighted by molar-refractivity contribution is 0.0934. The molecule has 0 saturated heterocycles. The fourth-order valence-electron chi connectivity index (χ4n) is 2.05. The minimum absolute atomic E-state index is 0.0428. The molecule has 3 nitrogen and oxygen atoms in total. The fourth-order valence-corrected chi connectivity index (χ4v) is 2.05. The van der Waals surface area contributed by atoms with E-state index < -0.39 is 5.95 Å². The monoisotopic (exact) mass is 272 g/mol. The minimum Gasteiger partial charge on any atom is -0.345 e. The van der Waals surface area contributed by atoms with Crippen LogP contribution in [0.3, 0.4) is 0 Å². The first-order chi connectivity index (χ1) is 9.70. The predicted molar refractivity (Wildman–Crippen MR) is 75.8 cm³/mol. The normalized spacial score (nSPS) is 11.9. The molecule has 4 heteroatoms. The molecule has 1 atom stereocenters. The Hall–Kier alpha value is -2.23. The number of nitrogens with zero attached hydrogens (tertiary/aromatic N) is 1. The lowest BCUT2D eigenvalue weighted by atomic mass is 10.0. The van der Waals surface area contributed by atoms with Crippen molar-refractivity contribution in [2.45, 2.75) is 25.8 Å². The lowest BCUT2D eigenvalue weighted by Crippen LogP contribution is -2.28. The van der Waals surface area contributed by atoms with Crippen molar-refractivity contribution in [3.8, 4) is 0 Å². The van der Waals surface area contributed by atoms with Gasteiger partial charge < -0.3 is 5.32 Å². The van der Waals surface area contributed by atoms with Gasteiger partial charge in [0.1, 0.15) is 0 Å². The van der Waals surface area contributed by atoms with E-state index in [-0.39, 0.29) is 11.9 Å². The molecule has 2 rings (SSSR count). The molecule has 0 aliphatic rings. The topological polar surface area (TPSA) is 42.0 Å². The van der Waals surface area contributed by atoms with Gasteiger partial charge in [-0.1, -0.05) is 43.7 Å². The van der Waals surface area contributed by atoms with Gasteiger partial charge in [0, 0.05) is 6.20 Å². The van der Waals surface area contributed by atoms with Crippen LogP contribution in [-0.2, 0) is 0 Å². The molecule has 1 aromatic heterocycles. The van der Waals surface area contributed by atoms with Crippen molar-refractivity contribution in [2.75, 3.05) is 0 Å². The summed E-state index contributed by atoms with van der Waals surface area (Å²) in [5.74, 6) is -0.825. The van der Waals surface area contributed by atoms with Crippen LogP contribution in [0.25, 0.3) is 0 Å². The summed E-state index contributed by atoms with van der Waals surface area (Å²) < 4.78 is 12.8. The summed E-state index contributed by atoms with van der Waals surface area (Å²) >= 11 is 0. The molecule has 0 aliphatic carbocycles. The second-order valence-corrected chi connectivity index (χ2v) is 4.60. The largest absolute Gasteiger partial charge is 0.345 e. The molecule has 104 valence electrons. The van der Waals surface area contributed by atoms with E-state index in [0.717, 1.165) is 18.4 Å². The van der Waals surface area contributed by atoms with Crippen LogP contribution in [0.2, 0.25) is 0 Å². The van der Waals surface area contributed by atoms with E-state index in [0.29, 0.717) is 5.56 Å². The highest BCUT2D eigenvalue weighted by Crippen LogP contribution is 2.18. The van der Waals surface area contributed by atoms with Gasteiger partial charge in [-0.25, -0.2) is 4.98 Å². The van der Waals surface area contributed by atoms with Crippen LogP contribution in [0.4, 0.5) is 4.39 Å². The SMILES string of the molecule is CCCC(NC(=O)c1ccc(F)nc1)c1ccccc1. The van der Waals surface area contributed by atoms with Crippen molar-refractivity contribution in [3.05, 3.63) is 65.7 Å². The van der Waals surface area contributed by atoms with Crippen molar-refractivity contribution in [3.63, 3.8) is 0 Å². The van der Waals surface area contributed by atoms with Gasteiger partial charge in [-0.3, -0.25) is 4.79 Å². The lowest BCUT2D eigenvalue weighted by Gasteiger charge is -2.18. The first kappa shape index (κ1) is 14.2. The van der Waals surface area contributed by atoms with Crippen LogP contribution < -0.4 is 5.32 Å². The maximum atomic E-state index is 12.8. The van der Waals surface area contributed by atoms with Crippen LogP contribution in [0, 0.1) is 5.95 Å². The van der Waals surface area contributed by atoms with Crippen LogP contribution in [0.1, 0.15) is 41.7 Å². The number of carbonyl (C=O) groups excluding carboxylic acids is 1. The van der Waals surface area contributed by atoms with E-state index >= 15 is 0 Å². The van der Waals surface area contributed by atoms with E-state index in [1.165, 1.54) is 18.3 Å². The highest BCUT2D eigenvalue weighted by molar-refractivity contribution is 5.94. The van der Waals surface area contributed by atoms with Gasteiger partial charge in [-0.05, 0) is 24.1 Å². The number of benzene rings is 1. The number of pyridine rings is 1. The summed E-state index contributed by atoms with van der Waals surface area (Å²) in [5, 5.41) is 2.97. The Morgan fingerprint density at radius 2 is 2.00 bits per heavy atom. The van der Waals surface area contributed by atoms with Gasteiger partial charge in [0.25, 0.3) is 5.91 Å². The Balaban J connectivity index is 2.12. The number of carbonyl (C=O) groups is 1. The molecule has 0 saturated carbocycles. The van der Waals surface area contributed by atoms with Crippen molar-refractivity contribution in [1.82, 2.24) is 10.3 Å². The van der Waals surface area contributed by atoms with E-state index in [9.17, 15) is 9.18 Å². The van der Waals surface area contributed by atoms with Crippen molar-refractivity contribution >= 4 is 5.91 Å². The van der Waals surface area contributed by atoms with Crippen LogP contribution in [0.15, 0.2) is 48.7 Å². The maximum absolute atomic E-state index is 12.8. The van der Waals surface area contributed by atoms with Crippen LogP contribution in [0.5, 0.6) is 0 Å². The Labute approximate surface area is 117 Å². The molecule has 20 heavy (non-hydrogen) atoms. The van der Waals surface area contributed by atoms with E-state index in [4.69, 9.17) is 0 Å². The first-order valence-electron chi connectivity index (χ1n) is 6.68. The zero-order valence-electron chi connectivity index (χ0n) is 11.3. The fraction of sp³-hybridized carbons (Fsp3) is 0.250. The number of aromatic nitrogens is 1. The maximum Gasteiger partial charge on any atom is 0.253 e. The van der Waals surface area contributed by atoms with Crippen molar-refractivity contribution in [2.24, 2.45) is 0 Å². The van der Waals surface area contributed by atoms with Gasteiger partial charge in [0.05, 0.1) is 11.6 Å². The molecule has 0 fully saturated rings. The average molecular weight is 272 g/mol. The van der Waals surface area contributed by atoms with Gasteiger partial charge >= 0.3 is 0 Å². The molecular weight excluding hydrogens is 255 g/mol. The third kappa shape index (κ3) is 3.63. The molecule has 0 spiro atoms. The van der Waals surface area contributed by atoms with Crippen molar-refractivity contribution < 1.29 is 9.18 Å². The molecule has 0 bridgehead atoms. The Morgan fingerprint density at radius 3 is 2.60 bits per heavy atom. The van der Waals surface area contributed by atoms with E-state index in [2.05, 4.69) is 17.2 Å². The first-order valence-corrected chi connectivity index (χ1v) is 6.68. The summed E-state index contributed by atoms with van der Waals surface area (Å²) in [6, 6.07) is 12.4. The molecule has 2 aromatic rings. The number of amides is 1. The number of nitrogens with one attached hydrogen (secondary N) is 1. The van der Waals surface area contributed by atoms with Gasteiger partial charge in [-0.15, -0.1) is 0 Å². The predicted octanol–water partition coefficient (Wildman–Crippen LogP) is 3.49. The van der Waals surface area contributed by atoms with Crippen LogP contribution in [-0.4, -0.2) is 10.9 Å². The third-order valence-corrected chi connectivity index (χ3v) is 3.07. The summed E-state index contributed by atoms with van der Waals surface area (Å²) in [7, 11) is 0. The summed E-state index contributed by atoms with van der Waals surface area (Å²) in [5.41, 5.74) is 1.43. The average Bonchev–Trinajstić information content (AvgIpc) is 2.48. The highest BCUT2D eigenvalue weighted by Gasteiger charge is 2.15. The molecule has 0 aliphatic heterocycles. The molecule has 1 N–H and O–H groups in total. The minimum atomic E-state index is -0.588. The molecule has 1 amide bonds. The zero-order chi connectivity index (χ0) is 14.4. The number of rotatable bonds is 5. The second kappa shape index (κ2) is 6.80. The third-order valence-electron chi connectivity index (χ3n) is 3.07. The summed E-state index contributed by atoms with van der Waals surface area (Å²) in [4.78, 5) is 15.6. The summed E-state index contributed by atoms with van der Waals surface area (Å²) in [6.07, 6.45) is 3.06. The second-order valence-electron chi connectivity index (χ2n) is 4.60. The molecule has 1 aromatic carbocycles. The Bertz CT molecular complexity index is 554. The van der Waals surface area contributed by atoms with Crippen LogP contribution >= 0.6 is 0 Å². The summed E-state index contributed by atoms with van der Waals surface area (Å²) in [6.45, 7) is 2.07. The molecular formula is C16H17FN2O. The van der Waals surface area contributed by atoms with E-state index in [1.807, 2.05) is 30.3 Å². The van der Waals surface area contributed by atoms with Gasteiger partial charge in [0.2, 0.25) is 5.95 Å². The standard InChI is InChI=1S/C16H17FN2O/c1-2-6-14(12-7-4-3-5-8-12)19-16(20)13-9-10-15(17)18-11-13/h3-5,7-11,14H,2,6H2,1H3,(H,19,20). The Kier molecular flexibility index (Phi) is 4.82. The molecule has 1 unspecified atom stereocenters. The van der Waals surface area contributed by atoms with Gasteiger partial charge in [0.15, 0.2) is 0 Å². The van der Waals surface area contributed by atoms with E-state index in [1.54, 1.807) is 0 Å². The van der Waals surface area contributed by atoms with Gasteiger partial charge in [-0.2, -0.15) is 4.39 Å². The van der Waals surface area contributed by atoms with Crippen molar-refractivity contribution in [1.29, 1.82) is 0 Å². The number of halogens is 1. The quantitative estimate of drug-likeness (QED) is 0.846. The number of hydrogen-bond donors (Lipinski definition) is 1. The molecule has 0 radical (unpaired) electrons. The highest BCUT2D eigenvalue weighted by atomic mass is 19.1. The molecule has 1 heterocycles. The zero-order valence-corrected chi connectivity index (χ0v) is 11.3. The smallest absolute Gasteiger partial charge is 0.253 e. The number of hydrogen-bond acceptors (Lipinski definition) is 2.